The lowest BCUT2D eigenvalue weighted by atomic mass is 9.57. The number of primary amides is 1. The second-order valence-corrected chi connectivity index (χ2v) is 10.1. The van der Waals surface area contributed by atoms with Crippen molar-refractivity contribution in [2.45, 2.75) is 24.5 Å². The van der Waals surface area contributed by atoms with Gasteiger partial charge in [-0.1, -0.05) is 5.16 Å². The number of ketones is 2. The highest BCUT2D eigenvalue weighted by molar-refractivity contribution is 6.24. The molecule has 3 aliphatic carbocycles. The zero-order valence-electron chi connectivity index (χ0n) is 22.1. The molecule has 0 heterocycles. The molecule has 0 aliphatic heterocycles. The van der Waals surface area contributed by atoms with Crippen molar-refractivity contribution in [2.24, 2.45) is 22.7 Å². The minimum atomic E-state index is -2.14. The Balaban J connectivity index is 2.04. The molecule has 3 aliphatic rings. The highest BCUT2D eigenvalue weighted by Gasteiger charge is 2.65. The predicted octanol–water partition coefficient (Wildman–Crippen LogP) is 0.664. The number of aliphatic hydroxyl groups excluding tert-OH is 2. The first-order valence-corrected chi connectivity index (χ1v) is 11.9. The zero-order valence-corrected chi connectivity index (χ0v) is 22.1. The van der Waals surface area contributed by atoms with Gasteiger partial charge in [0.15, 0.2) is 11.4 Å². The van der Waals surface area contributed by atoms with Gasteiger partial charge in [-0.3, -0.25) is 19.3 Å². The first kappa shape index (κ1) is 27.1. The number of anilines is 1. The number of phenolic OH excluding ortho intramolecular Hbond substituents is 1. The van der Waals surface area contributed by atoms with Crippen LogP contribution in [0.2, 0.25) is 0 Å². The number of oxime groups is 1. The third-order valence-electron chi connectivity index (χ3n) is 7.80. The molecular weight excluding hydrogens is 496 g/mol. The lowest BCUT2D eigenvalue weighted by molar-refractivity contribution is -0.159. The number of ether oxygens (including phenoxy) is 1. The van der Waals surface area contributed by atoms with E-state index in [4.69, 9.17) is 15.3 Å². The number of phenols is 1. The van der Waals surface area contributed by atoms with Crippen LogP contribution in [0.25, 0.3) is 5.76 Å². The van der Waals surface area contributed by atoms with Gasteiger partial charge in [-0.15, -0.1) is 0 Å². The maximum Gasteiger partial charge on any atom is 0.255 e. The van der Waals surface area contributed by atoms with E-state index in [1.54, 1.807) is 39.2 Å². The first-order valence-electron chi connectivity index (χ1n) is 11.9. The third kappa shape index (κ3) is 3.58. The van der Waals surface area contributed by atoms with Crippen molar-refractivity contribution < 1.29 is 39.3 Å². The van der Waals surface area contributed by atoms with Crippen LogP contribution in [-0.2, 0) is 30.4 Å². The van der Waals surface area contributed by atoms with E-state index in [1.165, 1.54) is 20.4 Å². The van der Waals surface area contributed by atoms with Gasteiger partial charge < -0.3 is 35.5 Å². The van der Waals surface area contributed by atoms with Gasteiger partial charge in [0.2, 0.25) is 5.78 Å². The summed E-state index contributed by atoms with van der Waals surface area (Å²) < 4.78 is 5.67. The molecule has 0 aromatic heterocycles. The molecular formula is C26H32N4O8. The standard InChI is InChI=1S/C26H32N4O8/c1-29(2)15-9-12(10-28-38-6)20(31)17-13(15)7-11-8-14-19(30(3)4)22(33)18(25(27)36)24(35)26(14,37-5)23(34)16(11)21(17)32/h9-11,14,19,31-32,35H,7-8H2,1-6H3,(H2,27,36)/b28-10+/t11-,14-,19-,26-/m0/s1. The topological polar surface area (TPSA) is 175 Å². The molecule has 0 bridgehead atoms. The molecule has 0 radical (unpaired) electrons. The summed E-state index contributed by atoms with van der Waals surface area (Å²) in [6.45, 7) is 0. The fourth-order valence-electron chi connectivity index (χ4n) is 6.24. The molecule has 0 spiro atoms. The number of aliphatic hydroxyl groups is 2. The first-order chi connectivity index (χ1) is 17.8. The van der Waals surface area contributed by atoms with E-state index < -0.39 is 58.0 Å². The number of methoxy groups -OCH3 is 1. The summed E-state index contributed by atoms with van der Waals surface area (Å²) in [5.41, 5.74) is 4.11. The van der Waals surface area contributed by atoms with E-state index >= 15 is 0 Å². The van der Waals surface area contributed by atoms with Gasteiger partial charge in [0.1, 0.15) is 30.0 Å². The van der Waals surface area contributed by atoms with Crippen LogP contribution in [0.1, 0.15) is 23.1 Å². The van der Waals surface area contributed by atoms with Gasteiger partial charge in [-0.2, -0.15) is 0 Å². The fraction of sp³-hybridized carbons (Fsp3) is 0.462. The number of nitrogens with zero attached hydrogens (tertiary/aromatic N) is 3. The number of nitrogens with two attached hydrogens (primary N) is 1. The van der Waals surface area contributed by atoms with Gasteiger partial charge in [0.25, 0.3) is 5.91 Å². The fourth-order valence-corrected chi connectivity index (χ4v) is 6.24. The van der Waals surface area contributed by atoms with Crippen molar-refractivity contribution in [2.75, 3.05) is 47.3 Å². The monoisotopic (exact) mass is 528 g/mol. The summed E-state index contributed by atoms with van der Waals surface area (Å²) in [5.74, 6) is -5.80. The number of fused-ring (bicyclic) bond motifs is 3. The van der Waals surface area contributed by atoms with Crippen LogP contribution in [0.15, 0.2) is 28.1 Å². The highest BCUT2D eigenvalue weighted by Crippen LogP contribution is 2.55. The molecule has 0 unspecified atom stereocenters. The third-order valence-corrected chi connectivity index (χ3v) is 7.80. The number of amides is 1. The number of rotatable bonds is 6. The minimum Gasteiger partial charge on any atom is -0.508 e. The number of carbonyl (C=O) groups excluding carboxylic acids is 3. The second-order valence-electron chi connectivity index (χ2n) is 10.1. The van der Waals surface area contributed by atoms with E-state index in [2.05, 4.69) is 5.16 Å². The lowest BCUT2D eigenvalue weighted by Gasteiger charge is -2.52. The smallest absolute Gasteiger partial charge is 0.255 e. The Hall–Kier alpha value is -3.90. The van der Waals surface area contributed by atoms with Gasteiger partial charge in [0.05, 0.1) is 17.8 Å². The van der Waals surface area contributed by atoms with Gasteiger partial charge in [-0.25, -0.2) is 0 Å². The van der Waals surface area contributed by atoms with Crippen LogP contribution in [0.4, 0.5) is 5.69 Å². The van der Waals surface area contributed by atoms with Crippen molar-refractivity contribution in [3.05, 3.63) is 39.7 Å². The van der Waals surface area contributed by atoms with Gasteiger partial charge in [0, 0.05) is 43.9 Å². The Bertz CT molecular complexity index is 1330. The Labute approximate surface area is 219 Å². The van der Waals surface area contributed by atoms with Crippen LogP contribution in [0.5, 0.6) is 5.75 Å². The van der Waals surface area contributed by atoms with Crippen molar-refractivity contribution in [1.29, 1.82) is 0 Å². The molecule has 204 valence electrons. The molecule has 0 saturated heterocycles. The van der Waals surface area contributed by atoms with Crippen molar-refractivity contribution in [3.8, 4) is 5.75 Å². The van der Waals surface area contributed by atoms with Crippen LogP contribution in [0.3, 0.4) is 0 Å². The molecule has 1 amide bonds. The molecule has 12 heteroatoms. The van der Waals surface area contributed by atoms with Crippen LogP contribution >= 0.6 is 0 Å². The molecule has 1 aromatic carbocycles. The van der Waals surface area contributed by atoms with Gasteiger partial charge in [-0.05, 0) is 44.5 Å². The zero-order chi connectivity index (χ0) is 28.3. The molecule has 5 N–H and O–H groups in total. The average molecular weight is 529 g/mol. The highest BCUT2D eigenvalue weighted by atomic mass is 16.6. The minimum absolute atomic E-state index is 0.0488. The van der Waals surface area contributed by atoms with E-state index in [0.29, 0.717) is 11.3 Å². The molecule has 38 heavy (non-hydrogen) atoms. The SMILES string of the molecule is CO/N=C/c1cc(N(C)C)c2c(c1O)C(O)=C1C(=O)[C@]3(OC)C(O)=C(C(N)=O)C(=O)[C@@H](N(C)C)[C@@H]3C[C@@H]1C2. The Morgan fingerprint density at radius 3 is 2.37 bits per heavy atom. The van der Waals surface area contributed by atoms with E-state index in [-0.39, 0.29) is 35.3 Å². The maximum absolute atomic E-state index is 14.3. The number of Topliss-reactive ketones (excluding diaryl/α,β-unsaturated/α-hetero) is 2. The molecule has 4 rings (SSSR count). The number of aromatic hydroxyl groups is 1. The van der Waals surface area contributed by atoms with E-state index in [9.17, 15) is 29.7 Å². The summed E-state index contributed by atoms with van der Waals surface area (Å²) in [5, 5.41) is 37.6. The number of hydrogen-bond donors (Lipinski definition) is 4. The largest absolute Gasteiger partial charge is 0.508 e. The number of likely N-dealkylation sites (N-methyl/N-ethyl adjacent to an activating group) is 1. The summed E-state index contributed by atoms with van der Waals surface area (Å²) in [6, 6.07) is 0.691. The number of hydrogen-bond acceptors (Lipinski definition) is 11. The number of benzene rings is 1. The quantitative estimate of drug-likeness (QED) is 0.233. The predicted molar refractivity (Wildman–Crippen MR) is 138 cm³/mol. The summed E-state index contributed by atoms with van der Waals surface area (Å²) in [4.78, 5) is 47.9. The Morgan fingerprint density at radius 1 is 1.18 bits per heavy atom. The Morgan fingerprint density at radius 2 is 1.84 bits per heavy atom. The molecule has 4 atom stereocenters. The molecule has 12 nitrogen and oxygen atoms in total. The molecule has 1 fully saturated rings. The summed E-state index contributed by atoms with van der Waals surface area (Å²) in [6.07, 6.45) is 1.69. The number of carbonyl (C=O) groups is 3. The second kappa shape index (κ2) is 9.44. The normalized spacial score (nSPS) is 27.0. The molecule has 1 aromatic rings. The van der Waals surface area contributed by atoms with Crippen LogP contribution in [0, 0.1) is 11.8 Å². The van der Waals surface area contributed by atoms with Crippen molar-refractivity contribution >= 4 is 35.1 Å². The van der Waals surface area contributed by atoms with Crippen molar-refractivity contribution in [1.82, 2.24) is 4.90 Å². The van der Waals surface area contributed by atoms with Crippen LogP contribution < -0.4 is 10.6 Å². The van der Waals surface area contributed by atoms with E-state index in [1.807, 2.05) is 4.90 Å². The lowest BCUT2D eigenvalue weighted by Crippen LogP contribution is -2.66. The van der Waals surface area contributed by atoms with E-state index in [0.717, 1.165) is 0 Å². The van der Waals surface area contributed by atoms with Crippen LogP contribution in [-0.4, -0.2) is 98.0 Å². The Kier molecular flexibility index (Phi) is 6.74. The summed E-state index contributed by atoms with van der Waals surface area (Å²) in [7, 11) is 9.40. The summed E-state index contributed by atoms with van der Waals surface area (Å²) >= 11 is 0. The average Bonchev–Trinajstić information content (AvgIpc) is 2.82. The molecule has 1 saturated carbocycles. The van der Waals surface area contributed by atoms with Crippen molar-refractivity contribution in [3.63, 3.8) is 0 Å². The van der Waals surface area contributed by atoms with Gasteiger partial charge >= 0.3 is 0 Å². The maximum atomic E-state index is 14.3.